The average Bonchev–Trinajstić information content (AvgIpc) is 3.29. The third-order valence-electron chi connectivity index (χ3n) is 5.58. The molecule has 170 valence electrons. The van der Waals surface area contributed by atoms with Crippen LogP contribution in [0.1, 0.15) is 43.9 Å². The second-order valence-corrected chi connectivity index (χ2v) is 8.00. The maximum absolute atomic E-state index is 13.9. The zero-order valence-corrected chi connectivity index (χ0v) is 18.7. The summed E-state index contributed by atoms with van der Waals surface area (Å²) in [6.45, 7) is 6.49. The first-order valence-electron chi connectivity index (χ1n) is 11.3. The minimum absolute atomic E-state index is 0.293. The van der Waals surface area contributed by atoms with Crippen LogP contribution in [0.15, 0.2) is 46.0 Å². The summed E-state index contributed by atoms with van der Waals surface area (Å²) in [5, 5.41) is 7.05. The summed E-state index contributed by atoms with van der Waals surface area (Å²) in [7, 11) is 1.49. The number of hydrogen-bond donors (Lipinski definition) is 2. The zero-order chi connectivity index (χ0) is 21.9. The predicted molar refractivity (Wildman–Crippen MR) is 122 cm³/mol. The Balaban J connectivity index is 1.45. The molecule has 31 heavy (non-hydrogen) atoms. The first kappa shape index (κ1) is 23.1. The highest BCUT2D eigenvalue weighted by atomic mass is 19.1. The van der Waals surface area contributed by atoms with Crippen molar-refractivity contribution in [2.24, 2.45) is 4.99 Å². The average molecular weight is 431 g/mol. The van der Waals surface area contributed by atoms with Crippen LogP contribution in [0.2, 0.25) is 0 Å². The lowest BCUT2D eigenvalue weighted by Crippen LogP contribution is -2.49. The zero-order valence-electron chi connectivity index (χ0n) is 18.7. The Morgan fingerprint density at radius 2 is 2.13 bits per heavy atom. The number of piperidine rings is 1. The topological polar surface area (TPSA) is 62.0 Å². The van der Waals surface area contributed by atoms with Crippen molar-refractivity contribution in [3.63, 3.8) is 0 Å². The Morgan fingerprint density at radius 3 is 2.81 bits per heavy atom. The van der Waals surface area contributed by atoms with Gasteiger partial charge in [-0.1, -0.05) is 19.4 Å². The summed E-state index contributed by atoms with van der Waals surface area (Å²) in [6, 6.07) is 9.51. The number of aliphatic imine (C=N–C) groups is 1. The summed E-state index contributed by atoms with van der Waals surface area (Å²) >= 11 is 0. The van der Waals surface area contributed by atoms with Crippen LogP contribution in [0, 0.1) is 5.82 Å². The van der Waals surface area contributed by atoms with E-state index in [1.165, 1.54) is 7.11 Å². The third-order valence-corrected chi connectivity index (χ3v) is 5.58. The number of hydrogen-bond acceptors (Lipinski definition) is 4. The molecule has 0 spiro atoms. The minimum Gasteiger partial charge on any atom is -0.494 e. The molecule has 0 bridgehead atoms. The monoisotopic (exact) mass is 430 g/mol. The molecule has 0 radical (unpaired) electrons. The van der Waals surface area contributed by atoms with Gasteiger partial charge in [-0.15, -0.1) is 0 Å². The van der Waals surface area contributed by atoms with E-state index in [1.807, 2.05) is 18.2 Å². The summed E-state index contributed by atoms with van der Waals surface area (Å²) in [5.74, 6) is 1.85. The second kappa shape index (κ2) is 12.3. The van der Waals surface area contributed by atoms with Gasteiger partial charge in [0.05, 0.1) is 13.4 Å². The van der Waals surface area contributed by atoms with Crippen LogP contribution >= 0.6 is 0 Å². The van der Waals surface area contributed by atoms with Gasteiger partial charge in [-0.25, -0.2) is 4.39 Å². The molecule has 1 saturated heterocycles. The fourth-order valence-corrected chi connectivity index (χ4v) is 3.76. The molecule has 0 amide bonds. The van der Waals surface area contributed by atoms with E-state index in [-0.39, 0.29) is 5.82 Å². The van der Waals surface area contributed by atoms with Crippen molar-refractivity contribution in [2.45, 2.75) is 51.6 Å². The van der Waals surface area contributed by atoms with Crippen LogP contribution in [0.3, 0.4) is 0 Å². The molecule has 0 saturated carbocycles. The van der Waals surface area contributed by atoms with E-state index in [0.717, 1.165) is 82.1 Å². The van der Waals surface area contributed by atoms with E-state index >= 15 is 0 Å². The van der Waals surface area contributed by atoms with Gasteiger partial charge in [-0.05, 0) is 49.1 Å². The SMILES string of the molecule is CCCCN=C(NCCc1ccco1)NC1CCN(Cc2ccc(OC)c(F)c2)CC1. The van der Waals surface area contributed by atoms with Gasteiger partial charge in [-0.2, -0.15) is 0 Å². The van der Waals surface area contributed by atoms with E-state index in [2.05, 4.69) is 22.5 Å². The lowest BCUT2D eigenvalue weighted by atomic mass is 10.0. The molecule has 1 fully saturated rings. The largest absolute Gasteiger partial charge is 0.494 e. The molecule has 3 rings (SSSR count). The molecule has 2 aromatic rings. The summed E-state index contributed by atoms with van der Waals surface area (Å²) in [4.78, 5) is 7.11. The number of unbranched alkanes of at least 4 members (excludes halogenated alkanes) is 1. The Morgan fingerprint density at radius 1 is 1.29 bits per heavy atom. The van der Waals surface area contributed by atoms with Gasteiger partial charge in [-0.3, -0.25) is 9.89 Å². The third kappa shape index (κ3) is 7.58. The first-order chi connectivity index (χ1) is 15.2. The predicted octanol–water partition coefficient (Wildman–Crippen LogP) is 3.97. The Bertz CT molecular complexity index is 802. The van der Waals surface area contributed by atoms with E-state index in [4.69, 9.17) is 14.1 Å². The molecular weight excluding hydrogens is 395 g/mol. The van der Waals surface area contributed by atoms with Gasteiger partial charge < -0.3 is 19.8 Å². The van der Waals surface area contributed by atoms with Crippen molar-refractivity contribution < 1.29 is 13.5 Å². The lowest BCUT2D eigenvalue weighted by Gasteiger charge is -2.33. The number of likely N-dealkylation sites (tertiary alicyclic amines) is 1. The highest BCUT2D eigenvalue weighted by Gasteiger charge is 2.20. The molecule has 1 aromatic carbocycles. The van der Waals surface area contributed by atoms with Gasteiger partial charge in [0.1, 0.15) is 5.76 Å². The van der Waals surface area contributed by atoms with Gasteiger partial charge in [0, 0.05) is 45.2 Å². The number of benzene rings is 1. The Labute approximate surface area is 184 Å². The fraction of sp³-hybridized carbons (Fsp3) is 0.542. The summed E-state index contributed by atoms with van der Waals surface area (Å²) in [6.07, 6.45) is 6.82. The molecule has 6 nitrogen and oxygen atoms in total. The van der Waals surface area contributed by atoms with Crippen molar-refractivity contribution in [1.29, 1.82) is 0 Å². The van der Waals surface area contributed by atoms with Gasteiger partial charge >= 0.3 is 0 Å². The van der Waals surface area contributed by atoms with E-state index in [0.29, 0.717) is 11.8 Å². The van der Waals surface area contributed by atoms with Crippen LogP contribution in [-0.4, -0.2) is 50.2 Å². The van der Waals surface area contributed by atoms with E-state index < -0.39 is 0 Å². The number of nitrogens with zero attached hydrogens (tertiary/aromatic N) is 2. The van der Waals surface area contributed by atoms with Crippen molar-refractivity contribution in [3.05, 3.63) is 53.7 Å². The molecule has 0 atom stereocenters. The smallest absolute Gasteiger partial charge is 0.191 e. The maximum atomic E-state index is 13.9. The minimum atomic E-state index is -0.301. The van der Waals surface area contributed by atoms with Crippen LogP contribution in [0.5, 0.6) is 5.75 Å². The van der Waals surface area contributed by atoms with Crippen LogP contribution < -0.4 is 15.4 Å². The summed E-state index contributed by atoms with van der Waals surface area (Å²) in [5.41, 5.74) is 0.978. The van der Waals surface area contributed by atoms with Gasteiger partial charge in [0.15, 0.2) is 17.5 Å². The van der Waals surface area contributed by atoms with Crippen LogP contribution in [-0.2, 0) is 13.0 Å². The number of guanidine groups is 1. The highest BCUT2D eigenvalue weighted by Crippen LogP contribution is 2.20. The van der Waals surface area contributed by atoms with Crippen LogP contribution in [0.25, 0.3) is 0 Å². The Kier molecular flexibility index (Phi) is 9.21. The normalized spacial score (nSPS) is 15.8. The van der Waals surface area contributed by atoms with E-state index in [1.54, 1.807) is 18.4 Å². The van der Waals surface area contributed by atoms with Crippen molar-refractivity contribution in [3.8, 4) is 5.75 Å². The number of ether oxygens (including phenoxy) is 1. The highest BCUT2D eigenvalue weighted by molar-refractivity contribution is 5.80. The van der Waals surface area contributed by atoms with Gasteiger partial charge in [0.2, 0.25) is 0 Å². The number of halogens is 1. The number of furan rings is 1. The van der Waals surface area contributed by atoms with Crippen molar-refractivity contribution in [1.82, 2.24) is 15.5 Å². The second-order valence-electron chi connectivity index (χ2n) is 8.00. The molecule has 0 aliphatic carbocycles. The number of nitrogens with one attached hydrogen (secondary N) is 2. The van der Waals surface area contributed by atoms with Crippen molar-refractivity contribution >= 4 is 5.96 Å². The molecular formula is C24H35FN4O2. The molecule has 0 unspecified atom stereocenters. The molecule has 7 heteroatoms. The number of rotatable bonds is 10. The molecule has 1 aliphatic heterocycles. The fourth-order valence-electron chi connectivity index (χ4n) is 3.76. The van der Waals surface area contributed by atoms with Crippen molar-refractivity contribution in [2.75, 3.05) is 33.3 Å². The summed E-state index contributed by atoms with van der Waals surface area (Å²) < 4.78 is 24.4. The quantitative estimate of drug-likeness (QED) is 0.339. The Hall–Kier alpha value is -2.54. The number of methoxy groups -OCH3 is 1. The molecule has 2 heterocycles. The molecule has 2 N–H and O–H groups in total. The van der Waals surface area contributed by atoms with E-state index in [9.17, 15) is 4.39 Å². The standard InChI is InChI=1S/C24H35FN4O2/c1-3-4-12-26-24(27-13-9-21-6-5-16-31-21)28-20-10-14-29(15-11-20)18-19-7-8-23(30-2)22(25)17-19/h5-8,16-17,20H,3-4,9-15,18H2,1-2H3,(H2,26,27,28). The molecule has 1 aliphatic rings. The van der Waals surface area contributed by atoms with Gasteiger partial charge in [0.25, 0.3) is 0 Å². The lowest BCUT2D eigenvalue weighted by molar-refractivity contribution is 0.198. The molecule has 1 aromatic heterocycles. The van der Waals surface area contributed by atoms with Crippen LogP contribution in [0.4, 0.5) is 4.39 Å². The maximum Gasteiger partial charge on any atom is 0.191 e. The first-order valence-corrected chi connectivity index (χ1v) is 11.3.